The quantitative estimate of drug-likeness (QED) is 0.793. The van der Waals surface area contributed by atoms with Crippen LogP contribution in [0.15, 0.2) is 18.2 Å². The molecule has 0 aliphatic heterocycles. The molecule has 0 saturated carbocycles. The van der Waals surface area contributed by atoms with Crippen LogP contribution in [0, 0.1) is 18.8 Å². The minimum atomic E-state index is 0.678. The monoisotopic (exact) mass is 192 g/mol. The first-order valence-electron chi connectivity index (χ1n) is 5.27. The largest absolute Gasteiger partial charge is 0.370 e. The molecule has 78 valence electrons. The zero-order chi connectivity index (χ0) is 10.6. The van der Waals surface area contributed by atoms with Crippen LogP contribution in [0.2, 0.25) is 0 Å². The van der Waals surface area contributed by atoms with E-state index in [4.69, 9.17) is 0 Å². The number of nitrogens with one attached hydrogen (secondary N) is 1. The summed E-state index contributed by atoms with van der Waals surface area (Å²) >= 11 is 0. The summed E-state index contributed by atoms with van der Waals surface area (Å²) in [7, 11) is 0. The average Bonchev–Trinajstić information content (AvgIpc) is 2.14. The van der Waals surface area contributed by atoms with Gasteiger partial charge in [0.15, 0.2) is 0 Å². The van der Waals surface area contributed by atoms with E-state index in [0.717, 1.165) is 18.1 Å². The van der Waals surface area contributed by atoms with Gasteiger partial charge < -0.3 is 5.32 Å². The molecule has 0 amide bonds. The fourth-order valence-electron chi connectivity index (χ4n) is 1.14. The number of nitrogens with zero attached hydrogens (tertiary/aromatic N) is 1. The second-order valence-electron chi connectivity index (χ2n) is 4.27. The van der Waals surface area contributed by atoms with Gasteiger partial charge in [-0.15, -0.1) is 0 Å². The molecule has 1 aromatic rings. The van der Waals surface area contributed by atoms with Crippen LogP contribution in [-0.2, 0) is 0 Å². The molecule has 1 aromatic heterocycles. The van der Waals surface area contributed by atoms with Gasteiger partial charge in [0, 0.05) is 12.2 Å². The maximum Gasteiger partial charge on any atom is 0.126 e. The summed E-state index contributed by atoms with van der Waals surface area (Å²) in [6, 6.07) is 6.06. The van der Waals surface area contributed by atoms with Crippen molar-refractivity contribution in [2.24, 2.45) is 11.8 Å². The molecule has 1 unspecified atom stereocenters. The van der Waals surface area contributed by atoms with E-state index in [1.807, 2.05) is 25.1 Å². The van der Waals surface area contributed by atoms with Gasteiger partial charge in [-0.05, 0) is 30.9 Å². The van der Waals surface area contributed by atoms with Crippen molar-refractivity contribution in [2.75, 3.05) is 11.9 Å². The normalized spacial score (nSPS) is 12.9. The van der Waals surface area contributed by atoms with Crippen LogP contribution in [0.5, 0.6) is 0 Å². The number of hydrogen-bond acceptors (Lipinski definition) is 2. The molecule has 0 aliphatic carbocycles. The summed E-state index contributed by atoms with van der Waals surface area (Å²) in [5.74, 6) is 2.38. The minimum absolute atomic E-state index is 0.678. The van der Waals surface area contributed by atoms with Crippen molar-refractivity contribution in [3.8, 4) is 0 Å². The Morgan fingerprint density at radius 2 is 2.00 bits per heavy atom. The molecule has 0 aromatic carbocycles. The van der Waals surface area contributed by atoms with Gasteiger partial charge in [0.1, 0.15) is 5.82 Å². The molecule has 1 rings (SSSR count). The van der Waals surface area contributed by atoms with Gasteiger partial charge in [0.05, 0.1) is 0 Å². The van der Waals surface area contributed by atoms with Gasteiger partial charge in [0.2, 0.25) is 0 Å². The summed E-state index contributed by atoms with van der Waals surface area (Å²) in [6.45, 7) is 9.75. The number of hydrogen-bond donors (Lipinski definition) is 1. The van der Waals surface area contributed by atoms with Crippen molar-refractivity contribution in [2.45, 2.75) is 27.7 Å². The van der Waals surface area contributed by atoms with E-state index >= 15 is 0 Å². The number of anilines is 1. The summed E-state index contributed by atoms with van der Waals surface area (Å²) in [4.78, 5) is 4.39. The topological polar surface area (TPSA) is 24.9 Å². The third-order valence-corrected chi connectivity index (χ3v) is 2.63. The van der Waals surface area contributed by atoms with Crippen LogP contribution < -0.4 is 5.32 Å². The molecule has 0 saturated heterocycles. The lowest BCUT2D eigenvalue weighted by Crippen LogP contribution is -2.16. The molecule has 1 N–H and O–H groups in total. The average molecular weight is 192 g/mol. The van der Waals surface area contributed by atoms with E-state index in [1.165, 1.54) is 0 Å². The molecular formula is C12H20N2. The van der Waals surface area contributed by atoms with Crippen molar-refractivity contribution in [1.29, 1.82) is 0 Å². The lowest BCUT2D eigenvalue weighted by atomic mass is 9.98. The molecule has 0 aliphatic rings. The van der Waals surface area contributed by atoms with Crippen molar-refractivity contribution >= 4 is 5.82 Å². The Bertz CT molecular complexity index is 281. The zero-order valence-corrected chi connectivity index (χ0v) is 9.54. The van der Waals surface area contributed by atoms with E-state index in [-0.39, 0.29) is 0 Å². The first kappa shape index (κ1) is 11.0. The predicted octanol–water partition coefficient (Wildman–Crippen LogP) is 3.09. The number of aryl methyl sites for hydroxylation is 1. The lowest BCUT2D eigenvalue weighted by Gasteiger charge is -2.16. The van der Waals surface area contributed by atoms with Crippen LogP contribution in [-0.4, -0.2) is 11.5 Å². The van der Waals surface area contributed by atoms with Crippen LogP contribution in [0.4, 0.5) is 5.82 Å². The van der Waals surface area contributed by atoms with E-state index < -0.39 is 0 Å². The zero-order valence-electron chi connectivity index (χ0n) is 9.54. The standard InChI is InChI=1S/C12H20N2/c1-9(2)10(3)8-13-12-7-5-6-11(4)14-12/h5-7,9-10H,8H2,1-4H3,(H,13,14). The SMILES string of the molecule is Cc1cccc(NCC(C)C(C)C)n1. The van der Waals surface area contributed by atoms with Crippen molar-refractivity contribution in [1.82, 2.24) is 4.98 Å². The Hall–Kier alpha value is -1.05. The molecular weight excluding hydrogens is 172 g/mol. The molecule has 1 heterocycles. The smallest absolute Gasteiger partial charge is 0.126 e. The number of aromatic nitrogens is 1. The highest BCUT2D eigenvalue weighted by Gasteiger charge is 2.06. The van der Waals surface area contributed by atoms with E-state index in [1.54, 1.807) is 0 Å². The minimum Gasteiger partial charge on any atom is -0.370 e. The maximum atomic E-state index is 4.39. The summed E-state index contributed by atoms with van der Waals surface area (Å²) < 4.78 is 0. The fraction of sp³-hybridized carbons (Fsp3) is 0.583. The molecule has 2 heteroatoms. The summed E-state index contributed by atoms with van der Waals surface area (Å²) in [5.41, 5.74) is 1.06. The second kappa shape index (κ2) is 4.99. The Morgan fingerprint density at radius 3 is 2.57 bits per heavy atom. The Kier molecular flexibility index (Phi) is 3.93. The van der Waals surface area contributed by atoms with Crippen LogP contribution in [0.1, 0.15) is 26.5 Å². The molecule has 1 atom stereocenters. The Labute approximate surface area is 86.8 Å². The predicted molar refractivity (Wildman–Crippen MR) is 61.5 cm³/mol. The molecule has 2 nitrogen and oxygen atoms in total. The molecule has 0 bridgehead atoms. The van der Waals surface area contributed by atoms with Gasteiger partial charge in [-0.1, -0.05) is 26.8 Å². The maximum absolute atomic E-state index is 4.39. The molecule has 0 spiro atoms. The lowest BCUT2D eigenvalue weighted by molar-refractivity contribution is 0.439. The van der Waals surface area contributed by atoms with Crippen LogP contribution in [0.25, 0.3) is 0 Å². The Balaban J connectivity index is 2.45. The molecule has 0 fully saturated rings. The first-order valence-corrected chi connectivity index (χ1v) is 5.27. The Morgan fingerprint density at radius 1 is 1.29 bits per heavy atom. The second-order valence-corrected chi connectivity index (χ2v) is 4.27. The van der Waals surface area contributed by atoms with Crippen molar-refractivity contribution in [3.63, 3.8) is 0 Å². The van der Waals surface area contributed by atoms with Crippen molar-refractivity contribution in [3.05, 3.63) is 23.9 Å². The van der Waals surface area contributed by atoms with Crippen molar-refractivity contribution < 1.29 is 0 Å². The summed E-state index contributed by atoms with van der Waals surface area (Å²) in [6.07, 6.45) is 0. The third-order valence-electron chi connectivity index (χ3n) is 2.63. The van der Waals surface area contributed by atoms with Crippen LogP contribution >= 0.6 is 0 Å². The van der Waals surface area contributed by atoms with Crippen LogP contribution in [0.3, 0.4) is 0 Å². The van der Waals surface area contributed by atoms with E-state index in [0.29, 0.717) is 11.8 Å². The van der Waals surface area contributed by atoms with Gasteiger partial charge in [-0.25, -0.2) is 4.98 Å². The fourth-order valence-corrected chi connectivity index (χ4v) is 1.14. The third kappa shape index (κ3) is 3.36. The summed E-state index contributed by atoms with van der Waals surface area (Å²) in [5, 5.41) is 3.36. The number of pyridine rings is 1. The molecule has 14 heavy (non-hydrogen) atoms. The first-order chi connectivity index (χ1) is 6.59. The van der Waals surface area contributed by atoms with Gasteiger partial charge in [0.25, 0.3) is 0 Å². The highest BCUT2D eigenvalue weighted by molar-refractivity contribution is 5.34. The molecule has 0 radical (unpaired) electrons. The highest BCUT2D eigenvalue weighted by atomic mass is 15.0. The van der Waals surface area contributed by atoms with Gasteiger partial charge in [-0.3, -0.25) is 0 Å². The van der Waals surface area contributed by atoms with Gasteiger partial charge >= 0.3 is 0 Å². The van der Waals surface area contributed by atoms with E-state index in [9.17, 15) is 0 Å². The van der Waals surface area contributed by atoms with E-state index in [2.05, 4.69) is 31.1 Å². The number of rotatable bonds is 4. The van der Waals surface area contributed by atoms with Gasteiger partial charge in [-0.2, -0.15) is 0 Å². The highest BCUT2D eigenvalue weighted by Crippen LogP contribution is 2.11.